The van der Waals surface area contributed by atoms with E-state index in [9.17, 15) is 4.79 Å². The molecule has 0 saturated heterocycles. The maximum atomic E-state index is 11.9. The Labute approximate surface area is 144 Å². The molecule has 1 aliphatic carbocycles. The molecule has 24 heavy (non-hydrogen) atoms. The lowest BCUT2D eigenvalue weighted by Crippen LogP contribution is -2.41. The van der Waals surface area contributed by atoms with Crippen LogP contribution in [-0.2, 0) is 19.4 Å². The molecule has 0 radical (unpaired) electrons. The molecule has 0 spiro atoms. The maximum absolute atomic E-state index is 11.9. The summed E-state index contributed by atoms with van der Waals surface area (Å²) >= 11 is 0. The molecule has 2 aliphatic rings. The first-order chi connectivity index (χ1) is 11.8. The first kappa shape index (κ1) is 17.2. The van der Waals surface area contributed by atoms with Crippen LogP contribution >= 0.6 is 0 Å². The molecule has 2 heterocycles. The Hall–Kier alpha value is -1.63. The summed E-state index contributed by atoms with van der Waals surface area (Å²) in [4.78, 5) is 14.3. The monoisotopic (exact) mass is 334 g/mol. The number of hydrogen-bond donors (Lipinski definition) is 2. The number of rotatable bonds is 8. The Balaban J connectivity index is 1.34. The van der Waals surface area contributed by atoms with E-state index < -0.39 is 0 Å². The summed E-state index contributed by atoms with van der Waals surface area (Å²) in [5.41, 5.74) is 0. The van der Waals surface area contributed by atoms with Crippen LogP contribution in [0.2, 0.25) is 0 Å². The smallest absolute Gasteiger partial charge is 0.314 e. The lowest BCUT2D eigenvalue weighted by Gasteiger charge is -2.19. The minimum atomic E-state index is -0.0857. The number of fused-ring (bicyclic) bond motifs is 1. The van der Waals surface area contributed by atoms with Crippen LogP contribution in [0.25, 0.3) is 0 Å². The van der Waals surface area contributed by atoms with Crippen LogP contribution in [0.15, 0.2) is 0 Å². The number of nitrogens with zero attached hydrogens (tertiary/aromatic N) is 4. The number of hydrogen-bond acceptors (Lipinski definition) is 4. The summed E-state index contributed by atoms with van der Waals surface area (Å²) in [5.74, 6) is 2.10. The van der Waals surface area contributed by atoms with E-state index in [1.165, 1.54) is 32.1 Å². The van der Waals surface area contributed by atoms with Crippen molar-refractivity contribution in [3.05, 3.63) is 11.6 Å². The quantitative estimate of drug-likeness (QED) is 0.752. The van der Waals surface area contributed by atoms with Gasteiger partial charge < -0.3 is 15.2 Å². The molecule has 2 N–H and O–H groups in total. The summed E-state index contributed by atoms with van der Waals surface area (Å²) in [6.07, 6.45) is 8.04. The number of amides is 2. The maximum Gasteiger partial charge on any atom is 0.314 e. The number of carbonyl (C=O) groups excluding carboxylic acids is 1. The van der Waals surface area contributed by atoms with Crippen molar-refractivity contribution in [2.45, 2.75) is 64.5 Å². The molecule has 1 fully saturated rings. The molecule has 7 nitrogen and oxygen atoms in total. The Morgan fingerprint density at radius 3 is 2.83 bits per heavy atom. The van der Waals surface area contributed by atoms with Crippen LogP contribution in [0, 0.1) is 0 Å². The Bertz CT molecular complexity index is 539. The average Bonchev–Trinajstić information content (AvgIpc) is 3.38. The molecular formula is C17H30N6O. The Kier molecular flexibility index (Phi) is 6.07. The number of urea groups is 1. The molecule has 0 aromatic carbocycles. The third-order valence-corrected chi connectivity index (χ3v) is 4.97. The summed E-state index contributed by atoms with van der Waals surface area (Å²) in [6.45, 7) is 6.50. The lowest BCUT2D eigenvalue weighted by atomic mass is 10.2. The van der Waals surface area contributed by atoms with Gasteiger partial charge in [-0.05, 0) is 32.2 Å². The van der Waals surface area contributed by atoms with Gasteiger partial charge in [0, 0.05) is 45.1 Å². The molecular weight excluding hydrogens is 304 g/mol. The highest BCUT2D eigenvalue weighted by Crippen LogP contribution is 2.25. The predicted octanol–water partition coefficient (Wildman–Crippen LogP) is 1.33. The molecule has 134 valence electrons. The standard InChI is InChI=1S/C17H30N6O/c1-2-22(14-7-8-14)13-11-19-17(24)18-10-9-16-21-20-15-6-4-3-5-12-23(15)16/h14H,2-13H2,1H3,(H2,18,19,24). The van der Waals surface area contributed by atoms with E-state index in [1.54, 1.807) is 0 Å². The molecule has 0 unspecified atom stereocenters. The van der Waals surface area contributed by atoms with E-state index in [0.29, 0.717) is 13.1 Å². The second-order valence-corrected chi connectivity index (χ2v) is 6.79. The van der Waals surface area contributed by atoms with Crippen molar-refractivity contribution in [3.63, 3.8) is 0 Å². The minimum Gasteiger partial charge on any atom is -0.338 e. The van der Waals surface area contributed by atoms with Crippen molar-refractivity contribution in [1.82, 2.24) is 30.3 Å². The Morgan fingerprint density at radius 1 is 1.21 bits per heavy atom. The molecule has 1 aromatic heterocycles. The molecule has 1 aromatic rings. The van der Waals surface area contributed by atoms with Gasteiger partial charge in [-0.25, -0.2) is 4.79 Å². The number of nitrogens with one attached hydrogen (secondary N) is 2. The number of carbonyl (C=O) groups is 1. The van der Waals surface area contributed by atoms with Crippen molar-refractivity contribution in [1.29, 1.82) is 0 Å². The average molecular weight is 334 g/mol. The van der Waals surface area contributed by atoms with Crippen LogP contribution in [0.3, 0.4) is 0 Å². The highest BCUT2D eigenvalue weighted by molar-refractivity contribution is 5.73. The first-order valence-electron chi connectivity index (χ1n) is 9.44. The zero-order chi connectivity index (χ0) is 16.8. The van der Waals surface area contributed by atoms with Crippen LogP contribution in [-0.4, -0.2) is 57.9 Å². The van der Waals surface area contributed by atoms with Gasteiger partial charge in [-0.1, -0.05) is 13.3 Å². The highest BCUT2D eigenvalue weighted by atomic mass is 16.2. The van der Waals surface area contributed by atoms with Gasteiger partial charge in [0.25, 0.3) is 0 Å². The normalized spacial score (nSPS) is 17.4. The third-order valence-electron chi connectivity index (χ3n) is 4.97. The van der Waals surface area contributed by atoms with Crippen molar-refractivity contribution >= 4 is 6.03 Å². The highest BCUT2D eigenvalue weighted by Gasteiger charge is 2.27. The van der Waals surface area contributed by atoms with E-state index in [1.807, 2.05) is 0 Å². The van der Waals surface area contributed by atoms with E-state index in [2.05, 4.69) is 37.2 Å². The summed E-state index contributed by atoms with van der Waals surface area (Å²) in [6, 6.07) is 0.667. The fraction of sp³-hybridized carbons (Fsp3) is 0.824. The van der Waals surface area contributed by atoms with Crippen molar-refractivity contribution in [3.8, 4) is 0 Å². The van der Waals surface area contributed by atoms with Gasteiger partial charge in [0.05, 0.1) is 0 Å². The van der Waals surface area contributed by atoms with E-state index in [4.69, 9.17) is 0 Å². The van der Waals surface area contributed by atoms with Gasteiger partial charge >= 0.3 is 6.03 Å². The predicted molar refractivity (Wildman–Crippen MR) is 93.0 cm³/mol. The zero-order valence-electron chi connectivity index (χ0n) is 14.8. The van der Waals surface area contributed by atoms with Crippen LogP contribution in [0.4, 0.5) is 4.79 Å². The van der Waals surface area contributed by atoms with Gasteiger partial charge in [0.2, 0.25) is 0 Å². The number of aryl methyl sites for hydroxylation is 1. The van der Waals surface area contributed by atoms with Crippen LogP contribution in [0.1, 0.15) is 50.7 Å². The molecule has 3 rings (SSSR count). The summed E-state index contributed by atoms with van der Waals surface area (Å²) in [7, 11) is 0. The van der Waals surface area contributed by atoms with E-state index in [0.717, 1.165) is 50.2 Å². The number of likely N-dealkylation sites (N-methyl/N-ethyl adjacent to an activating group) is 1. The van der Waals surface area contributed by atoms with Crippen molar-refractivity contribution in [2.75, 3.05) is 26.2 Å². The van der Waals surface area contributed by atoms with Crippen molar-refractivity contribution < 1.29 is 4.79 Å². The second-order valence-electron chi connectivity index (χ2n) is 6.79. The topological polar surface area (TPSA) is 75.1 Å². The molecule has 0 bridgehead atoms. The summed E-state index contributed by atoms with van der Waals surface area (Å²) < 4.78 is 2.24. The fourth-order valence-electron chi connectivity index (χ4n) is 3.43. The van der Waals surface area contributed by atoms with E-state index >= 15 is 0 Å². The Morgan fingerprint density at radius 2 is 2.04 bits per heavy atom. The van der Waals surface area contributed by atoms with Crippen molar-refractivity contribution in [2.24, 2.45) is 0 Å². The molecule has 1 saturated carbocycles. The molecule has 7 heteroatoms. The molecule has 0 atom stereocenters. The molecule has 1 aliphatic heterocycles. The SMILES string of the molecule is CCN(CCNC(=O)NCCc1nnc2n1CCCCC2)C1CC1. The fourth-order valence-corrected chi connectivity index (χ4v) is 3.43. The van der Waals surface area contributed by atoms with E-state index in [-0.39, 0.29) is 6.03 Å². The van der Waals surface area contributed by atoms with Gasteiger partial charge in [0.1, 0.15) is 11.6 Å². The minimum absolute atomic E-state index is 0.0857. The molecule has 2 amide bonds. The lowest BCUT2D eigenvalue weighted by molar-refractivity contribution is 0.235. The second kappa shape index (κ2) is 8.46. The first-order valence-corrected chi connectivity index (χ1v) is 9.44. The number of aromatic nitrogens is 3. The van der Waals surface area contributed by atoms with Gasteiger partial charge in [-0.15, -0.1) is 10.2 Å². The van der Waals surface area contributed by atoms with Gasteiger partial charge in [-0.3, -0.25) is 4.90 Å². The van der Waals surface area contributed by atoms with Crippen LogP contribution < -0.4 is 10.6 Å². The summed E-state index contributed by atoms with van der Waals surface area (Å²) in [5, 5.41) is 14.5. The largest absolute Gasteiger partial charge is 0.338 e. The zero-order valence-corrected chi connectivity index (χ0v) is 14.8. The third kappa shape index (κ3) is 4.69. The van der Waals surface area contributed by atoms with Gasteiger partial charge in [-0.2, -0.15) is 0 Å². The van der Waals surface area contributed by atoms with Crippen LogP contribution in [0.5, 0.6) is 0 Å². The van der Waals surface area contributed by atoms with Gasteiger partial charge in [0.15, 0.2) is 0 Å².